The Morgan fingerprint density at radius 1 is 1.04 bits per heavy atom. The molecule has 0 spiro atoms. The number of hydrogen-bond donors (Lipinski definition) is 0. The summed E-state index contributed by atoms with van der Waals surface area (Å²) in [5.41, 5.74) is 1.26. The second kappa shape index (κ2) is 7.54. The summed E-state index contributed by atoms with van der Waals surface area (Å²) in [4.78, 5) is 31.0. The van der Waals surface area contributed by atoms with Gasteiger partial charge in [-0.15, -0.1) is 11.3 Å². The molecule has 2 amide bonds. The molecule has 0 bridgehead atoms. The fourth-order valence-corrected chi connectivity index (χ4v) is 5.31. The minimum Gasteiger partial charge on any atom is -0.366 e. The number of halogens is 2. The lowest BCUT2D eigenvalue weighted by Crippen LogP contribution is -2.42. The van der Waals surface area contributed by atoms with Crippen LogP contribution in [-0.4, -0.2) is 29.8 Å². The van der Waals surface area contributed by atoms with Gasteiger partial charge >= 0.3 is 0 Å². The summed E-state index contributed by atoms with van der Waals surface area (Å²) < 4.78 is 0. The number of anilines is 1. The van der Waals surface area contributed by atoms with E-state index in [1.807, 2.05) is 17.5 Å². The van der Waals surface area contributed by atoms with E-state index >= 15 is 0 Å². The van der Waals surface area contributed by atoms with Crippen molar-refractivity contribution >= 4 is 57.6 Å². The van der Waals surface area contributed by atoms with Crippen molar-refractivity contribution < 1.29 is 9.59 Å². The molecule has 2 atom stereocenters. The van der Waals surface area contributed by atoms with Gasteiger partial charge < -0.3 is 4.90 Å². The quantitative estimate of drug-likeness (QED) is 0.613. The molecule has 2 aliphatic heterocycles. The Bertz CT molecular complexity index is 961. The molecule has 3 heterocycles. The average molecular weight is 435 g/mol. The molecule has 4 rings (SSSR count). The molecular weight excluding hydrogens is 415 g/mol. The van der Waals surface area contributed by atoms with E-state index in [0.717, 1.165) is 24.4 Å². The number of carbonyl (C=O) groups excluding carboxylic acids is 2. The molecule has 2 aromatic rings. The topological polar surface area (TPSA) is 40.6 Å². The molecule has 0 saturated carbocycles. The highest BCUT2D eigenvalue weighted by Gasteiger charge is 2.44. The van der Waals surface area contributed by atoms with Crippen LogP contribution < -0.4 is 4.90 Å². The molecular formula is C21H20Cl2N2O2S. The third-order valence-electron chi connectivity index (χ3n) is 5.16. The van der Waals surface area contributed by atoms with Crippen LogP contribution in [0.15, 0.2) is 41.4 Å². The summed E-state index contributed by atoms with van der Waals surface area (Å²) in [6, 6.07) is 8.58. The smallest absolute Gasteiger partial charge is 0.282 e. The summed E-state index contributed by atoms with van der Waals surface area (Å²) in [6.07, 6.45) is 1.12. The van der Waals surface area contributed by atoms with Gasteiger partial charge in [-0.1, -0.05) is 43.1 Å². The number of nitrogens with zero attached hydrogens (tertiary/aromatic N) is 2. The molecule has 0 radical (unpaired) electrons. The monoisotopic (exact) mass is 434 g/mol. The van der Waals surface area contributed by atoms with Gasteiger partial charge in [-0.25, -0.2) is 4.90 Å². The number of imide groups is 1. The van der Waals surface area contributed by atoms with Crippen molar-refractivity contribution in [2.24, 2.45) is 11.8 Å². The van der Waals surface area contributed by atoms with Crippen LogP contribution in [0.4, 0.5) is 5.69 Å². The predicted molar refractivity (Wildman–Crippen MR) is 115 cm³/mol. The Hall–Kier alpha value is -1.82. The number of amides is 2. The summed E-state index contributed by atoms with van der Waals surface area (Å²) in [6.45, 7) is 5.87. The molecule has 1 aromatic heterocycles. The van der Waals surface area contributed by atoms with Crippen molar-refractivity contribution in [1.29, 1.82) is 0 Å². The first-order chi connectivity index (χ1) is 13.4. The lowest BCUT2D eigenvalue weighted by molar-refractivity contribution is -0.120. The predicted octanol–water partition coefficient (Wildman–Crippen LogP) is 5.32. The molecule has 2 unspecified atom stereocenters. The minimum absolute atomic E-state index is 0.318. The molecule has 28 heavy (non-hydrogen) atoms. The van der Waals surface area contributed by atoms with Crippen LogP contribution in [0, 0.1) is 11.8 Å². The van der Waals surface area contributed by atoms with Gasteiger partial charge in [0.05, 0.1) is 16.3 Å². The van der Waals surface area contributed by atoms with Crippen LogP contribution in [0.25, 0.3) is 5.57 Å². The first kappa shape index (κ1) is 19.5. The Morgan fingerprint density at radius 2 is 1.75 bits per heavy atom. The van der Waals surface area contributed by atoms with Gasteiger partial charge in [0.25, 0.3) is 11.8 Å². The summed E-state index contributed by atoms with van der Waals surface area (Å²) >= 11 is 13.9. The number of thiophene rings is 1. The number of carbonyl (C=O) groups is 2. The van der Waals surface area contributed by atoms with Gasteiger partial charge in [0.1, 0.15) is 5.70 Å². The molecule has 7 heteroatoms. The van der Waals surface area contributed by atoms with Crippen molar-refractivity contribution in [1.82, 2.24) is 4.90 Å². The lowest BCUT2D eigenvalue weighted by atomic mass is 9.91. The number of piperidine rings is 1. The van der Waals surface area contributed by atoms with E-state index < -0.39 is 0 Å². The molecule has 1 saturated heterocycles. The van der Waals surface area contributed by atoms with E-state index in [0.29, 0.717) is 38.8 Å². The SMILES string of the molecule is CC1CC(C)CN(C2=C(c3cccs3)C(=O)N(c3cc(Cl)ccc3Cl)C2=O)C1. The van der Waals surface area contributed by atoms with E-state index in [1.54, 1.807) is 18.2 Å². The summed E-state index contributed by atoms with van der Waals surface area (Å²) in [5.74, 6) is 0.219. The zero-order valence-electron chi connectivity index (χ0n) is 15.6. The first-order valence-corrected chi connectivity index (χ1v) is 10.9. The normalized spacial score (nSPS) is 23.1. The maximum absolute atomic E-state index is 13.5. The largest absolute Gasteiger partial charge is 0.366 e. The van der Waals surface area contributed by atoms with Crippen LogP contribution in [0.1, 0.15) is 25.1 Å². The van der Waals surface area contributed by atoms with Crippen molar-refractivity contribution in [3.05, 3.63) is 56.3 Å². The van der Waals surface area contributed by atoms with Gasteiger partial charge in [-0.3, -0.25) is 9.59 Å². The third-order valence-corrected chi connectivity index (χ3v) is 6.60. The van der Waals surface area contributed by atoms with E-state index in [9.17, 15) is 9.59 Å². The van der Waals surface area contributed by atoms with E-state index in [-0.39, 0.29) is 11.8 Å². The van der Waals surface area contributed by atoms with E-state index in [2.05, 4.69) is 18.7 Å². The summed E-state index contributed by atoms with van der Waals surface area (Å²) in [5, 5.41) is 2.65. The van der Waals surface area contributed by atoms with Crippen LogP contribution in [0.5, 0.6) is 0 Å². The zero-order valence-corrected chi connectivity index (χ0v) is 17.9. The molecule has 1 fully saturated rings. The van der Waals surface area contributed by atoms with Crippen molar-refractivity contribution in [3.8, 4) is 0 Å². The van der Waals surface area contributed by atoms with Crippen molar-refractivity contribution in [2.45, 2.75) is 20.3 Å². The van der Waals surface area contributed by atoms with Crippen molar-refractivity contribution in [2.75, 3.05) is 18.0 Å². The second-order valence-electron chi connectivity index (χ2n) is 7.59. The number of rotatable bonds is 3. The lowest BCUT2D eigenvalue weighted by Gasteiger charge is -2.37. The number of likely N-dealkylation sites (tertiary alicyclic amines) is 1. The first-order valence-electron chi connectivity index (χ1n) is 9.23. The highest BCUT2D eigenvalue weighted by Crippen LogP contribution is 2.41. The molecule has 0 aliphatic carbocycles. The fraction of sp³-hybridized carbons (Fsp3) is 0.333. The second-order valence-corrected chi connectivity index (χ2v) is 9.38. The summed E-state index contributed by atoms with van der Waals surface area (Å²) in [7, 11) is 0. The maximum atomic E-state index is 13.5. The average Bonchev–Trinajstić information content (AvgIpc) is 3.23. The van der Waals surface area contributed by atoms with Gasteiger partial charge in [-0.05, 0) is 47.9 Å². The van der Waals surface area contributed by atoms with Gasteiger partial charge in [0, 0.05) is 23.0 Å². The Kier molecular flexibility index (Phi) is 5.25. The molecule has 0 N–H and O–H groups in total. The van der Waals surface area contributed by atoms with Gasteiger partial charge in [0.15, 0.2) is 0 Å². The van der Waals surface area contributed by atoms with Gasteiger partial charge in [-0.2, -0.15) is 0 Å². The van der Waals surface area contributed by atoms with Crippen LogP contribution in [-0.2, 0) is 9.59 Å². The number of benzene rings is 1. The van der Waals surface area contributed by atoms with Gasteiger partial charge in [0.2, 0.25) is 0 Å². The highest BCUT2D eigenvalue weighted by atomic mass is 35.5. The Labute approximate surface area is 178 Å². The molecule has 1 aromatic carbocycles. The van der Waals surface area contributed by atoms with Crippen LogP contribution >= 0.6 is 34.5 Å². The molecule has 146 valence electrons. The van der Waals surface area contributed by atoms with E-state index in [4.69, 9.17) is 23.2 Å². The molecule has 4 nitrogen and oxygen atoms in total. The highest BCUT2D eigenvalue weighted by molar-refractivity contribution is 7.11. The Morgan fingerprint density at radius 3 is 2.39 bits per heavy atom. The Balaban J connectivity index is 1.84. The minimum atomic E-state index is -0.350. The van der Waals surface area contributed by atoms with Crippen LogP contribution in [0.3, 0.4) is 0 Å². The third kappa shape index (κ3) is 3.36. The van der Waals surface area contributed by atoms with Crippen molar-refractivity contribution in [3.63, 3.8) is 0 Å². The zero-order chi connectivity index (χ0) is 20.0. The maximum Gasteiger partial charge on any atom is 0.282 e. The number of hydrogen-bond acceptors (Lipinski definition) is 4. The fourth-order valence-electron chi connectivity index (χ4n) is 4.18. The molecule has 2 aliphatic rings. The standard InChI is InChI=1S/C21H20Cl2N2O2S/c1-12-8-13(2)11-24(10-12)19-18(17-4-3-7-28-17)20(26)25(21(19)27)16-9-14(22)5-6-15(16)23/h3-7,9,12-13H,8,10-11H2,1-2H3. The van der Waals surface area contributed by atoms with E-state index in [1.165, 1.54) is 16.2 Å². The van der Waals surface area contributed by atoms with Crippen LogP contribution in [0.2, 0.25) is 10.0 Å².